The second kappa shape index (κ2) is 7.19. The highest BCUT2D eigenvalue weighted by Gasteiger charge is 2.09. The molecule has 3 aromatic rings. The van der Waals surface area contributed by atoms with Crippen LogP contribution in [0.5, 0.6) is 0 Å². The molecule has 0 saturated heterocycles. The van der Waals surface area contributed by atoms with E-state index in [0.29, 0.717) is 17.2 Å². The van der Waals surface area contributed by atoms with Gasteiger partial charge in [-0.25, -0.2) is 9.18 Å². The Labute approximate surface area is 147 Å². The normalized spacial score (nSPS) is 11.0. The molecule has 1 aromatic heterocycles. The zero-order valence-corrected chi connectivity index (χ0v) is 13.5. The Morgan fingerprint density at radius 1 is 1.16 bits per heavy atom. The SMILES string of the molecule is O=C(O)c1cc(N/N=C\c2ccc(-c3ccc(F)cc3)o2)ccc1Cl. The van der Waals surface area contributed by atoms with Crippen LogP contribution >= 0.6 is 11.6 Å². The van der Waals surface area contributed by atoms with Gasteiger partial charge in [-0.05, 0) is 54.6 Å². The van der Waals surface area contributed by atoms with Crippen LogP contribution < -0.4 is 5.43 Å². The van der Waals surface area contributed by atoms with E-state index in [-0.39, 0.29) is 16.4 Å². The molecule has 0 spiro atoms. The van der Waals surface area contributed by atoms with Crippen LogP contribution in [0, 0.1) is 5.82 Å². The van der Waals surface area contributed by atoms with Crippen LogP contribution in [-0.2, 0) is 0 Å². The lowest BCUT2D eigenvalue weighted by molar-refractivity contribution is 0.0697. The summed E-state index contributed by atoms with van der Waals surface area (Å²) in [5.41, 5.74) is 3.92. The third-order valence-electron chi connectivity index (χ3n) is 3.34. The van der Waals surface area contributed by atoms with Crippen LogP contribution in [-0.4, -0.2) is 17.3 Å². The van der Waals surface area contributed by atoms with Crippen molar-refractivity contribution in [2.24, 2.45) is 5.10 Å². The quantitative estimate of drug-likeness (QED) is 0.503. The molecule has 0 saturated carbocycles. The molecule has 0 radical (unpaired) electrons. The predicted molar refractivity (Wildman–Crippen MR) is 93.7 cm³/mol. The fourth-order valence-electron chi connectivity index (χ4n) is 2.12. The van der Waals surface area contributed by atoms with Gasteiger partial charge in [-0.15, -0.1) is 0 Å². The molecule has 3 rings (SSSR count). The zero-order valence-electron chi connectivity index (χ0n) is 12.7. The molecular weight excluding hydrogens is 347 g/mol. The van der Waals surface area contributed by atoms with Crippen molar-refractivity contribution in [2.45, 2.75) is 0 Å². The molecule has 5 nitrogen and oxygen atoms in total. The highest BCUT2D eigenvalue weighted by atomic mass is 35.5. The van der Waals surface area contributed by atoms with Crippen molar-refractivity contribution < 1.29 is 18.7 Å². The monoisotopic (exact) mass is 358 g/mol. The number of carboxylic acid groups (broad SMARTS) is 1. The summed E-state index contributed by atoms with van der Waals surface area (Å²) in [6.45, 7) is 0. The minimum absolute atomic E-state index is 0.0153. The van der Waals surface area contributed by atoms with Crippen LogP contribution in [0.1, 0.15) is 16.1 Å². The fraction of sp³-hybridized carbons (Fsp3) is 0. The highest BCUT2D eigenvalue weighted by Crippen LogP contribution is 2.22. The molecular formula is C18H12ClFN2O3. The zero-order chi connectivity index (χ0) is 17.8. The summed E-state index contributed by atoms with van der Waals surface area (Å²) in [6.07, 6.45) is 1.45. The van der Waals surface area contributed by atoms with Crippen molar-refractivity contribution in [3.8, 4) is 11.3 Å². The summed E-state index contributed by atoms with van der Waals surface area (Å²) < 4.78 is 18.5. The fourth-order valence-corrected chi connectivity index (χ4v) is 2.32. The maximum atomic E-state index is 12.9. The van der Waals surface area contributed by atoms with Crippen LogP contribution in [0.4, 0.5) is 10.1 Å². The molecule has 126 valence electrons. The first-order valence-corrected chi connectivity index (χ1v) is 7.58. The van der Waals surface area contributed by atoms with Crippen molar-refractivity contribution >= 4 is 29.5 Å². The maximum Gasteiger partial charge on any atom is 0.337 e. The van der Waals surface area contributed by atoms with E-state index in [1.807, 2.05) is 0 Å². The van der Waals surface area contributed by atoms with Gasteiger partial charge in [0.2, 0.25) is 0 Å². The van der Waals surface area contributed by atoms with E-state index in [2.05, 4.69) is 10.5 Å². The van der Waals surface area contributed by atoms with Crippen molar-refractivity contribution in [1.29, 1.82) is 0 Å². The van der Waals surface area contributed by atoms with Gasteiger partial charge in [0.1, 0.15) is 17.3 Å². The number of carbonyl (C=O) groups is 1. The summed E-state index contributed by atoms with van der Waals surface area (Å²) in [5, 5.41) is 13.2. The molecule has 0 unspecified atom stereocenters. The van der Waals surface area contributed by atoms with Crippen molar-refractivity contribution in [3.05, 3.63) is 76.8 Å². The number of aromatic carboxylic acids is 1. The molecule has 0 amide bonds. The molecule has 0 aliphatic heterocycles. The molecule has 7 heteroatoms. The van der Waals surface area contributed by atoms with Crippen LogP contribution in [0.15, 0.2) is 64.1 Å². The third-order valence-corrected chi connectivity index (χ3v) is 3.67. The Morgan fingerprint density at radius 2 is 1.92 bits per heavy atom. The number of carboxylic acids is 1. The Kier molecular flexibility index (Phi) is 4.81. The number of anilines is 1. The molecule has 2 aromatic carbocycles. The lowest BCUT2D eigenvalue weighted by Gasteiger charge is -2.03. The molecule has 0 atom stereocenters. The Hall–Kier alpha value is -3.12. The number of hydrogen-bond acceptors (Lipinski definition) is 4. The number of halogens is 2. The van der Waals surface area contributed by atoms with Gasteiger partial charge in [-0.1, -0.05) is 11.6 Å². The molecule has 25 heavy (non-hydrogen) atoms. The summed E-state index contributed by atoms with van der Waals surface area (Å²) in [4.78, 5) is 11.0. The number of furan rings is 1. The number of hydrogen-bond donors (Lipinski definition) is 2. The van der Waals surface area contributed by atoms with Gasteiger partial charge in [-0.2, -0.15) is 5.10 Å². The van der Waals surface area contributed by atoms with Gasteiger partial charge < -0.3 is 9.52 Å². The van der Waals surface area contributed by atoms with E-state index in [1.165, 1.54) is 30.5 Å². The Bertz CT molecular complexity index is 936. The summed E-state index contributed by atoms with van der Waals surface area (Å²) in [5.74, 6) is -0.363. The summed E-state index contributed by atoms with van der Waals surface area (Å²) in [7, 11) is 0. The number of nitrogens with zero attached hydrogens (tertiary/aromatic N) is 1. The summed E-state index contributed by atoms with van der Waals surface area (Å²) in [6, 6.07) is 13.9. The van der Waals surface area contributed by atoms with E-state index in [4.69, 9.17) is 21.1 Å². The largest absolute Gasteiger partial charge is 0.478 e. The van der Waals surface area contributed by atoms with Crippen molar-refractivity contribution in [2.75, 3.05) is 5.43 Å². The average molecular weight is 359 g/mol. The van der Waals surface area contributed by atoms with Crippen LogP contribution in [0.25, 0.3) is 11.3 Å². The van der Waals surface area contributed by atoms with Gasteiger partial charge in [0, 0.05) is 5.56 Å². The van der Waals surface area contributed by atoms with E-state index in [0.717, 1.165) is 5.56 Å². The lowest BCUT2D eigenvalue weighted by Crippen LogP contribution is -1.99. The van der Waals surface area contributed by atoms with Crippen LogP contribution in [0.3, 0.4) is 0 Å². The molecule has 0 aliphatic carbocycles. The standard InChI is InChI=1S/C18H12ClFN2O3/c19-16-7-5-13(9-15(16)18(23)24)22-21-10-14-6-8-17(25-14)11-1-3-12(20)4-2-11/h1-10,22H,(H,23,24)/b21-10-. The number of hydrazone groups is 1. The van der Waals surface area contributed by atoms with Gasteiger partial charge in [0.05, 0.1) is 22.5 Å². The topological polar surface area (TPSA) is 74.8 Å². The minimum atomic E-state index is -1.12. The molecule has 2 N–H and O–H groups in total. The van der Waals surface area contributed by atoms with E-state index < -0.39 is 5.97 Å². The molecule has 0 fully saturated rings. The Balaban J connectivity index is 1.70. The molecule has 0 bridgehead atoms. The van der Waals surface area contributed by atoms with Gasteiger partial charge >= 0.3 is 5.97 Å². The molecule has 0 aliphatic rings. The van der Waals surface area contributed by atoms with Gasteiger partial charge in [0.15, 0.2) is 0 Å². The first kappa shape index (κ1) is 16.7. The number of nitrogens with one attached hydrogen (secondary N) is 1. The first-order valence-electron chi connectivity index (χ1n) is 7.20. The predicted octanol–water partition coefficient (Wildman–Crippen LogP) is 4.88. The summed E-state index contributed by atoms with van der Waals surface area (Å²) >= 11 is 5.81. The number of rotatable bonds is 5. The van der Waals surface area contributed by atoms with Crippen molar-refractivity contribution in [1.82, 2.24) is 0 Å². The second-order valence-corrected chi connectivity index (χ2v) is 5.49. The second-order valence-electron chi connectivity index (χ2n) is 5.08. The smallest absolute Gasteiger partial charge is 0.337 e. The minimum Gasteiger partial charge on any atom is -0.478 e. The third kappa shape index (κ3) is 4.05. The van der Waals surface area contributed by atoms with Gasteiger partial charge in [0.25, 0.3) is 0 Å². The van der Waals surface area contributed by atoms with Crippen molar-refractivity contribution in [3.63, 3.8) is 0 Å². The van der Waals surface area contributed by atoms with Crippen LogP contribution in [0.2, 0.25) is 5.02 Å². The average Bonchev–Trinajstić information content (AvgIpc) is 3.05. The van der Waals surface area contributed by atoms with Gasteiger partial charge in [-0.3, -0.25) is 5.43 Å². The number of benzene rings is 2. The maximum absolute atomic E-state index is 12.9. The van der Waals surface area contributed by atoms with E-state index in [1.54, 1.807) is 30.3 Å². The highest BCUT2D eigenvalue weighted by molar-refractivity contribution is 6.33. The van der Waals surface area contributed by atoms with E-state index in [9.17, 15) is 9.18 Å². The first-order chi connectivity index (χ1) is 12.0. The Morgan fingerprint density at radius 3 is 2.64 bits per heavy atom. The lowest BCUT2D eigenvalue weighted by atomic mass is 10.2. The molecule has 1 heterocycles. The van der Waals surface area contributed by atoms with E-state index >= 15 is 0 Å².